The van der Waals surface area contributed by atoms with Crippen LogP contribution in [0, 0.1) is 13.8 Å². The van der Waals surface area contributed by atoms with E-state index in [9.17, 15) is 0 Å². The number of nitrogens with two attached hydrogens (primary N) is 1. The molecule has 3 rings (SSSR count). The lowest BCUT2D eigenvalue weighted by Gasteiger charge is -2.04. The molecule has 0 spiro atoms. The number of benzene rings is 1. The second-order valence-corrected chi connectivity index (χ2v) is 5.21. The minimum Gasteiger partial charge on any atom is -0.375 e. The predicted molar refractivity (Wildman–Crippen MR) is 64.2 cm³/mol. The molecule has 0 atom stereocenters. The van der Waals surface area contributed by atoms with E-state index in [1.165, 1.54) is 27.1 Å². The molecule has 1 aliphatic carbocycles. The molecule has 2 N–H and O–H groups in total. The summed E-state index contributed by atoms with van der Waals surface area (Å²) in [6.07, 6.45) is 1.00. The molecule has 76 valence electrons. The van der Waals surface area contributed by atoms with Crippen molar-refractivity contribution in [1.29, 1.82) is 0 Å². The third-order valence-corrected chi connectivity index (χ3v) is 3.92. The molecular weight excluding hydrogens is 204 g/mol. The number of fused-ring (bicyclic) bond motifs is 3. The van der Waals surface area contributed by atoms with Crippen LogP contribution in [0.1, 0.15) is 21.6 Å². The van der Waals surface area contributed by atoms with Gasteiger partial charge < -0.3 is 5.73 Å². The van der Waals surface area contributed by atoms with Crippen molar-refractivity contribution in [3.8, 4) is 11.3 Å². The van der Waals surface area contributed by atoms with Gasteiger partial charge in [-0.1, -0.05) is 6.07 Å². The van der Waals surface area contributed by atoms with Crippen LogP contribution in [0.25, 0.3) is 11.3 Å². The molecule has 1 aliphatic rings. The summed E-state index contributed by atoms with van der Waals surface area (Å²) < 4.78 is 0. The number of anilines is 1. The van der Waals surface area contributed by atoms with Gasteiger partial charge in [0.1, 0.15) is 0 Å². The highest BCUT2D eigenvalue weighted by molar-refractivity contribution is 7.15. The molecule has 0 aliphatic heterocycles. The zero-order valence-electron chi connectivity index (χ0n) is 8.79. The number of aryl methyl sites for hydroxylation is 2. The first-order chi connectivity index (χ1) is 7.15. The van der Waals surface area contributed by atoms with E-state index in [0.717, 1.165) is 12.1 Å². The molecule has 2 nitrogen and oxygen atoms in total. The lowest BCUT2D eigenvalue weighted by molar-refractivity contribution is 1.25. The van der Waals surface area contributed by atoms with Gasteiger partial charge in [-0.15, -0.1) is 11.3 Å². The fourth-order valence-corrected chi connectivity index (χ4v) is 2.99. The van der Waals surface area contributed by atoms with Gasteiger partial charge in [0, 0.05) is 16.9 Å². The van der Waals surface area contributed by atoms with E-state index in [-0.39, 0.29) is 0 Å². The van der Waals surface area contributed by atoms with E-state index in [0.29, 0.717) is 5.13 Å². The number of nitrogen functional groups attached to an aromatic ring is 1. The van der Waals surface area contributed by atoms with Gasteiger partial charge >= 0.3 is 0 Å². The number of nitrogens with zero attached hydrogens (tertiary/aromatic N) is 1. The summed E-state index contributed by atoms with van der Waals surface area (Å²) in [7, 11) is 0. The summed E-state index contributed by atoms with van der Waals surface area (Å²) >= 11 is 1.61. The Morgan fingerprint density at radius 3 is 2.80 bits per heavy atom. The second kappa shape index (κ2) is 2.83. The van der Waals surface area contributed by atoms with Crippen LogP contribution in [0.4, 0.5) is 5.13 Å². The molecular formula is C12H12N2S. The monoisotopic (exact) mass is 216 g/mol. The Morgan fingerprint density at radius 2 is 2.00 bits per heavy atom. The molecule has 0 saturated heterocycles. The Bertz CT molecular complexity index is 555. The van der Waals surface area contributed by atoms with Crippen molar-refractivity contribution < 1.29 is 0 Å². The van der Waals surface area contributed by atoms with Crippen LogP contribution >= 0.6 is 11.3 Å². The smallest absolute Gasteiger partial charge is 0.180 e. The van der Waals surface area contributed by atoms with E-state index in [1.807, 2.05) is 0 Å². The highest BCUT2D eigenvalue weighted by Crippen LogP contribution is 2.41. The molecule has 0 fully saturated rings. The average Bonchev–Trinajstić information content (AvgIpc) is 2.64. The first kappa shape index (κ1) is 8.92. The topological polar surface area (TPSA) is 38.9 Å². The Hall–Kier alpha value is -1.35. The minimum atomic E-state index is 0.684. The SMILES string of the molecule is Cc1cc2c(cc1C)-c1nc(N)sc1C2. The van der Waals surface area contributed by atoms with Gasteiger partial charge in [0.2, 0.25) is 0 Å². The van der Waals surface area contributed by atoms with Gasteiger partial charge in [0.25, 0.3) is 0 Å². The molecule has 15 heavy (non-hydrogen) atoms. The van der Waals surface area contributed by atoms with Gasteiger partial charge in [0.05, 0.1) is 5.69 Å². The van der Waals surface area contributed by atoms with E-state index >= 15 is 0 Å². The molecule has 0 unspecified atom stereocenters. The van der Waals surface area contributed by atoms with Crippen LogP contribution in [0.15, 0.2) is 12.1 Å². The largest absolute Gasteiger partial charge is 0.375 e. The van der Waals surface area contributed by atoms with E-state index in [1.54, 1.807) is 11.3 Å². The highest BCUT2D eigenvalue weighted by Gasteiger charge is 2.23. The summed E-state index contributed by atoms with van der Waals surface area (Å²) in [5, 5.41) is 0.684. The van der Waals surface area contributed by atoms with E-state index < -0.39 is 0 Å². The number of hydrogen-bond donors (Lipinski definition) is 1. The first-order valence-corrected chi connectivity index (χ1v) is 5.82. The first-order valence-electron chi connectivity index (χ1n) is 5.01. The molecule has 1 aromatic carbocycles. The lowest BCUT2D eigenvalue weighted by Crippen LogP contribution is -1.88. The van der Waals surface area contributed by atoms with Crippen molar-refractivity contribution in [1.82, 2.24) is 4.98 Å². The fourth-order valence-electron chi connectivity index (χ4n) is 2.12. The maximum Gasteiger partial charge on any atom is 0.180 e. The predicted octanol–water partition coefficient (Wildman–Crippen LogP) is 2.91. The maximum atomic E-state index is 5.72. The molecule has 0 radical (unpaired) electrons. The molecule has 3 heteroatoms. The van der Waals surface area contributed by atoms with Crippen LogP contribution in [0.5, 0.6) is 0 Å². The standard InChI is InChI=1S/C12H12N2S/c1-6-3-8-5-10-11(14-12(13)15-10)9(8)4-7(6)2/h3-4H,5H2,1-2H3,(H2,13,14). The number of aromatic nitrogens is 1. The summed E-state index contributed by atoms with van der Waals surface area (Å²) in [5.41, 5.74) is 12.2. The normalized spacial score (nSPS) is 12.7. The quantitative estimate of drug-likeness (QED) is 0.627. The Labute approximate surface area is 92.8 Å². The van der Waals surface area contributed by atoms with Crippen LogP contribution in [-0.2, 0) is 6.42 Å². The van der Waals surface area contributed by atoms with Crippen LogP contribution in [-0.4, -0.2) is 4.98 Å². The van der Waals surface area contributed by atoms with E-state index in [2.05, 4.69) is 31.0 Å². The molecule has 0 saturated carbocycles. The van der Waals surface area contributed by atoms with Gasteiger partial charge in [-0.05, 0) is 36.6 Å². The zero-order valence-corrected chi connectivity index (χ0v) is 9.61. The highest BCUT2D eigenvalue weighted by atomic mass is 32.1. The number of thiazole rings is 1. The van der Waals surface area contributed by atoms with Crippen molar-refractivity contribution in [3.05, 3.63) is 33.7 Å². The van der Waals surface area contributed by atoms with Crippen molar-refractivity contribution in [3.63, 3.8) is 0 Å². The summed E-state index contributed by atoms with van der Waals surface area (Å²) in [5.74, 6) is 0. The van der Waals surface area contributed by atoms with Gasteiger partial charge in [0.15, 0.2) is 5.13 Å². The summed E-state index contributed by atoms with van der Waals surface area (Å²) in [4.78, 5) is 5.71. The third-order valence-electron chi connectivity index (χ3n) is 3.04. The van der Waals surface area contributed by atoms with Gasteiger partial charge in [-0.3, -0.25) is 0 Å². The van der Waals surface area contributed by atoms with Crippen molar-refractivity contribution >= 4 is 16.5 Å². The Morgan fingerprint density at radius 1 is 1.27 bits per heavy atom. The molecule has 1 aromatic heterocycles. The third kappa shape index (κ3) is 1.20. The van der Waals surface area contributed by atoms with Crippen LogP contribution in [0.2, 0.25) is 0 Å². The fraction of sp³-hybridized carbons (Fsp3) is 0.250. The summed E-state index contributed by atoms with van der Waals surface area (Å²) in [6, 6.07) is 4.50. The van der Waals surface area contributed by atoms with Crippen LogP contribution < -0.4 is 5.73 Å². The van der Waals surface area contributed by atoms with Crippen LogP contribution in [0.3, 0.4) is 0 Å². The maximum absolute atomic E-state index is 5.72. The Kier molecular flexibility index (Phi) is 1.68. The number of rotatable bonds is 0. The minimum absolute atomic E-state index is 0.684. The van der Waals surface area contributed by atoms with Crippen molar-refractivity contribution in [2.24, 2.45) is 0 Å². The summed E-state index contributed by atoms with van der Waals surface area (Å²) in [6.45, 7) is 4.30. The van der Waals surface area contributed by atoms with Crippen molar-refractivity contribution in [2.75, 3.05) is 5.73 Å². The van der Waals surface area contributed by atoms with Crippen molar-refractivity contribution in [2.45, 2.75) is 20.3 Å². The molecule has 2 aromatic rings. The molecule has 0 amide bonds. The average molecular weight is 216 g/mol. The number of hydrogen-bond acceptors (Lipinski definition) is 3. The Balaban J connectivity index is 2.27. The lowest BCUT2D eigenvalue weighted by atomic mass is 10.0. The van der Waals surface area contributed by atoms with Gasteiger partial charge in [-0.2, -0.15) is 0 Å². The van der Waals surface area contributed by atoms with E-state index in [4.69, 9.17) is 5.73 Å². The zero-order chi connectivity index (χ0) is 10.6. The second-order valence-electron chi connectivity index (χ2n) is 4.09. The molecule has 1 heterocycles. The molecule has 0 bridgehead atoms. The van der Waals surface area contributed by atoms with Gasteiger partial charge in [-0.25, -0.2) is 4.98 Å².